The van der Waals surface area contributed by atoms with Gasteiger partial charge in [-0.1, -0.05) is 30.3 Å². The first-order valence-electron chi connectivity index (χ1n) is 8.69. The van der Waals surface area contributed by atoms with E-state index in [0.717, 1.165) is 13.1 Å². The second kappa shape index (κ2) is 8.23. The number of benzene rings is 2. The van der Waals surface area contributed by atoms with Crippen LogP contribution in [0, 0.1) is 0 Å². The predicted molar refractivity (Wildman–Crippen MR) is 105 cm³/mol. The van der Waals surface area contributed by atoms with Gasteiger partial charge in [0.2, 0.25) is 5.91 Å². The van der Waals surface area contributed by atoms with Crippen LogP contribution in [0.5, 0.6) is 0 Å². The van der Waals surface area contributed by atoms with Crippen molar-refractivity contribution in [1.29, 1.82) is 0 Å². The predicted octanol–water partition coefficient (Wildman–Crippen LogP) is 3.21. The van der Waals surface area contributed by atoms with Gasteiger partial charge in [0.15, 0.2) is 0 Å². The number of nitrogens with zero attached hydrogens (tertiary/aromatic N) is 2. The molecule has 5 nitrogen and oxygen atoms in total. The Hall–Kier alpha value is -2.53. The highest BCUT2D eigenvalue weighted by Gasteiger charge is 2.24. The second-order valence-corrected chi connectivity index (χ2v) is 6.92. The number of halogens is 1. The van der Waals surface area contributed by atoms with Crippen LogP contribution >= 0.6 is 11.6 Å². The van der Waals surface area contributed by atoms with Gasteiger partial charge in [0.25, 0.3) is 5.91 Å². The van der Waals surface area contributed by atoms with Crippen molar-refractivity contribution in [3.63, 3.8) is 0 Å². The molecule has 1 heterocycles. The highest BCUT2D eigenvalue weighted by molar-refractivity contribution is 6.32. The third-order valence-corrected chi connectivity index (χ3v) is 4.66. The summed E-state index contributed by atoms with van der Waals surface area (Å²) in [6.07, 6.45) is 0. The number of anilines is 2. The molecule has 3 rings (SSSR count). The van der Waals surface area contributed by atoms with E-state index in [-0.39, 0.29) is 11.8 Å². The van der Waals surface area contributed by atoms with Gasteiger partial charge in [0.1, 0.15) is 5.38 Å². The first-order chi connectivity index (χ1) is 12.6. The summed E-state index contributed by atoms with van der Waals surface area (Å²) in [6, 6.07) is 17.2. The maximum atomic E-state index is 12.9. The zero-order chi connectivity index (χ0) is 18.5. The van der Waals surface area contributed by atoms with Crippen molar-refractivity contribution >= 4 is 34.8 Å². The quantitative estimate of drug-likeness (QED) is 0.839. The molecule has 26 heavy (non-hydrogen) atoms. The van der Waals surface area contributed by atoms with Crippen molar-refractivity contribution in [2.24, 2.45) is 0 Å². The lowest BCUT2D eigenvalue weighted by Crippen LogP contribution is -2.49. The van der Waals surface area contributed by atoms with E-state index < -0.39 is 5.38 Å². The molecule has 0 radical (unpaired) electrons. The zero-order valence-electron chi connectivity index (χ0n) is 14.7. The third kappa shape index (κ3) is 4.17. The molecule has 2 amide bonds. The Balaban J connectivity index is 1.68. The number of piperazine rings is 1. The summed E-state index contributed by atoms with van der Waals surface area (Å²) in [5.74, 6) is -0.392. The molecule has 1 N–H and O–H groups in total. The van der Waals surface area contributed by atoms with Gasteiger partial charge in [0.05, 0.1) is 11.3 Å². The number of para-hydroxylation sites is 2. The smallest absolute Gasteiger partial charge is 0.256 e. The number of carbonyl (C=O) groups excluding carboxylic acids is 2. The largest absolute Gasteiger partial charge is 0.368 e. The molecule has 1 saturated heterocycles. The molecule has 1 aliphatic heterocycles. The summed E-state index contributed by atoms with van der Waals surface area (Å²) in [6.45, 7) is 4.44. The summed E-state index contributed by atoms with van der Waals surface area (Å²) in [5.41, 5.74) is 2.16. The lowest BCUT2D eigenvalue weighted by Gasteiger charge is -2.36. The molecule has 136 valence electrons. The van der Waals surface area contributed by atoms with E-state index >= 15 is 0 Å². The standard InChI is InChI=1S/C20H22ClN3O2/c1-15(21)19(25)22-18-10-6-5-9-17(18)20(26)24-13-11-23(12-14-24)16-7-3-2-4-8-16/h2-10,15H,11-14H2,1H3,(H,22,25). The van der Waals surface area contributed by atoms with Gasteiger partial charge >= 0.3 is 0 Å². The first-order valence-corrected chi connectivity index (χ1v) is 9.13. The molecule has 0 aromatic heterocycles. The van der Waals surface area contributed by atoms with E-state index in [0.29, 0.717) is 24.3 Å². The maximum absolute atomic E-state index is 12.9. The first kappa shape index (κ1) is 18.3. The molecule has 0 aliphatic carbocycles. The number of amides is 2. The second-order valence-electron chi connectivity index (χ2n) is 6.27. The fourth-order valence-corrected chi connectivity index (χ4v) is 3.04. The SMILES string of the molecule is CC(Cl)C(=O)Nc1ccccc1C(=O)N1CCN(c2ccccc2)CC1. The Labute approximate surface area is 158 Å². The molecule has 6 heteroatoms. The lowest BCUT2D eigenvalue weighted by molar-refractivity contribution is -0.115. The van der Waals surface area contributed by atoms with Crippen molar-refractivity contribution < 1.29 is 9.59 Å². The Morgan fingerprint density at radius 2 is 1.58 bits per heavy atom. The normalized spacial score (nSPS) is 15.5. The molecule has 2 aromatic rings. The van der Waals surface area contributed by atoms with Gasteiger partial charge in [0, 0.05) is 31.9 Å². The summed E-state index contributed by atoms with van der Waals surface area (Å²) in [7, 11) is 0. The van der Waals surface area contributed by atoms with Gasteiger partial charge in [-0.25, -0.2) is 0 Å². The zero-order valence-corrected chi connectivity index (χ0v) is 15.4. The summed E-state index contributed by atoms with van der Waals surface area (Å²) in [4.78, 5) is 28.9. The highest BCUT2D eigenvalue weighted by atomic mass is 35.5. The minimum Gasteiger partial charge on any atom is -0.368 e. The van der Waals surface area contributed by atoms with Crippen molar-refractivity contribution in [3.05, 3.63) is 60.2 Å². The molecular formula is C20H22ClN3O2. The number of hydrogen-bond donors (Lipinski definition) is 1. The van der Waals surface area contributed by atoms with Crippen LogP contribution in [0.2, 0.25) is 0 Å². The fraction of sp³-hybridized carbons (Fsp3) is 0.300. The molecule has 0 spiro atoms. The fourth-order valence-electron chi connectivity index (χ4n) is 2.99. The van der Waals surface area contributed by atoms with Crippen molar-refractivity contribution in [3.8, 4) is 0 Å². The minimum absolute atomic E-state index is 0.0733. The molecule has 1 unspecified atom stereocenters. The van der Waals surface area contributed by atoms with Crippen LogP contribution in [0.3, 0.4) is 0 Å². The van der Waals surface area contributed by atoms with Crippen LogP contribution in [0.25, 0.3) is 0 Å². The molecule has 0 bridgehead atoms. The topological polar surface area (TPSA) is 52.7 Å². The molecule has 2 aromatic carbocycles. The van der Waals surface area contributed by atoms with Crippen LogP contribution in [0.1, 0.15) is 17.3 Å². The Morgan fingerprint density at radius 1 is 0.962 bits per heavy atom. The number of rotatable bonds is 4. The van der Waals surface area contributed by atoms with Gasteiger partial charge in [-0.3, -0.25) is 9.59 Å². The third-order valence-electron chi connectivity index (χ3n) is 4.46. The van der Waals surface area contributed by atoms with E-state index in [1.165, 1.54) is 5.69 Å². The van der Waals surface area contributed by atoms with Crippen molar-refractivity contribution in [2.45, 2.75) is 12.3 Å². The number of hydrogen-bond acceptors (Lipinski definition) is 3. The molecule has 0 saturated carbocycles. The Kier molecular flexibility index (Phi) is 5.78. The van der Waals surface area contributed by atoms with Crippen LogP contribution in [0.15, 0.2) is 54.6 Å². The van der Waals surface area contributed by atoms with Crippen LogP contribution in [-0.2, 0) is 4.79 Å². The Bertz CT molecular complexity index is 772. The summed E-state index contributed by atoms with van der Waals surface area (Å²) in [5, 5.41) is 2.08. The lowest BCUT2D eigenvalue weighted by atomic mass is 10.1. The van der Waals surface area contributed by atoms with Crippen LogP contribution in [-0.4, -0.2) is 48.3 Å². The molecular weight excluding hydrogens is 350 g/mol. The maximum Gasteiger partial charge on any atom is 0.256 e. The van der Waals surface area contributed by atoms with Gasteiger partial charge in [-0.05, 0) is 31.2 Å². The van der Waals surface area contributed by atoms with E-state index in [1.807, 2.05) is 23.1 Å². The van der Waals surface area contributed by atoms with Gasteiger partial charge in [-0.15, -0.1) is 11.6 Å². The monoisotopic (exact) mass is 371 g/mol. The van der Waals surface area contributed by atoms with E-state index in [1.54, 1.807) is 31.2 Å². The summed E-state index contributed by atoms with van der Waals surface area (Å²) < 4.78 is 0. The molecule has 1 aliphatic rings. The number of carbonyl (C=O) groups is 2. The van der Waals surface area contributed by atoms with Crippen molar-refractivity contribution in [2.75, 3.05) is 36.4 Å². The molecule has 1 fully saturated rings. The average Bonchev–Trinajstić information content (AvgIpc) is 2.68. The van der Waals surface area contributed by atoms with E-state index in [2.05, 4.69) is 22.3 Å². The Morgan fingerprint density at radius 3 is 2.23 bits per heavy atom. The number of alkyl halides is 1. The van der Waals surface area contributed by atoms with Crippen LogP contribution in [0.4, 0.5) is 11.4 Å². The van der Waals surface area contributed by atoms with Gasteiger partial charge in [-0.2, -0.15) is 0 Å². The minimum atomic E-state index is -0.660. The van der Waals surface area contributed by atoms with Gasteiger partial charge < -0.3 is 15.1 Å². The summed E-state index contributed by atoms with van der Waals surface area (Å²) >= 11 is 5.82. The van der Waals surface area contributed by atoms with Crippen molar-refractivity contribution in [1.82, 2.24) is 4.90 Å². The highest BCUT2D eigenvalue weighted by Crippen LogP contribution is 2.21. The average molecular weight is 372 g/mol. The van der Waals surface area contributed by atoms with E-state index in [4.69, 9.17) is 11.6 Å². The van der Waals surface area contributed by atoms with E-state index in [9.17, 15) is 9.59 Å². The van der Waals surface area contributed by atoms with Crippen LogP contribution < -0.4 is 10.2 Å². The molecule has 1 atom stereocenters. The number of nitrogens with one attached hydrogen (secondary N) is 1.